The second-order valence-corrected chi connectivity index (χ2v) is 5.67. The molecule has 0 amide bonds. The molecule has 0 bridgehead atoms. The van der Waals surface area contributed by atoms with Crippen LogP contribution < -0.4 is 4.74 Å². The molecule has 2 aromatic rings. The molecule has 0 saturated carbocycles. The van der Waals surface area contributed by atoms with Gasteiger partial charge in [0.25, 0.3) is 0 Å². The SMILES string of the molecule is CCc1ccc(C(C)(O)CCc2ccc(OC)cc2)cc1. The first-order valence-electron chi connectivity index (χ1n) is 7.50. The Morgan fingerprint density at radius 1 is 0.952 bits per heavy atom. The maximum absolute atomic E-state index is 10.7. The third-order valence-corrected chi connectivity index (χ3v) is 4.04. The number of benzene rings is 2. The predicted molar refractivity (Wildman–Crippen MR) is 86.7 cm³/mol. The number of hydrogen-bond donors (Lipinski definition) is 1. The van der Waals surface area contributed by atoms with Gasteiger partial charge in [-0.25, -0.2) is 0 Å². The van der Waals surface area contributed by atoms with E-state index in [1.165, 1.54) is 11.1 Å². The van der Waals surface area contributed by atoms with Gasteiger partial charge in [0, 0.05) is 0 Å². The van der Waals surface area contributed by atoms with Gasteiger partial charge in [0.2, 0.25) is 0 Å². The minimum Gasteiger partial charge on any atom is -0.497 e. The lowest BCUT2D eigenvalue weighted by Crippen LogP contribution is -2.22. The molecule has 2 nitrogen and oxygen atoms in total. The lowest BCUT2D eigenvalue weighted by atomic mass is 9.89. The van der Waals surface area contributed by atoms with Gasteiger partial charge in [0.15, 0.2) is 0 Å². The van der Waals surface area contributed by atoms with E-state index in [0.717, 1.165) is 24.2 Å². The third kappa shape index (κ3) is 4.08. The number of ether oxygens (including phenoxy) is 1. The molecule has 2 heteroatoms. The standard InChI is InChI=1S/C19H24O2/c1-4-15-5-9-17(10-6-15)19(2,20)14-13-16-7-11-18(21-3)12-8-16/h5-12,20H,4,13-14H2,1-3H3. The summed E-state index contributed by atoms with van der Waals surface area (Å²) in [6.07, 6.45) is 2.56. The van der Waals surface area contributed by atoms with Gasteiger partial charge in [-0.15, -0.1) is 0 Å². The summed E-state index contributed by atoms with van der Waals surface area (Å²) in [5.41, 5.74) is 2.69. The van der Waals surface area contributed by atoms with E-state index in [1.54, 1.807) is 7.11 Å². The van der Waals surface area contributed by atoms with Gasteiger partial charge < -0.3 is 9.84 Å². The average Bonchev–Trinajstić information content (AvgIpc) is 2.53. The Hall–Kier alpha value is -1.80. The van der Waals surface area contributed by atoms with Crippen molar-refractivity contribution in [3.8, 4) is 5.75 Å². The van der Waals surface area contributed by atoms with Crippen LogP contribution in [0.1, 0.15) is 37.0 Å². The van der Waals surface area contributed by atoms with Crippen molar-refractivity contribution in [1.29, 1.82) is 0 Å². The molecule has 0 saturated heterocycles. The molecule has 2 aromatic carbocycles. The Balaban J connectivity index is 2.01. The Morgan fingerprint density at radius 2 is 1.52 bits per heavy atom. The Morgan fingerprint density at radius 3 is 2.05 bits per heavy atom. The van der Waals surface area contributed by atoms with Crippen molar-refractivity contribution in [1.82, 2.24) is 0 Å². The van der Waals surface area contributed by atoms with Gasteiger partial charge in [0.1, 0.15) is 5.75 Å². The zero-order valence-corrected chi connectivity index (χ0v) is 13.1. The molecule has 0 aliphatic heterocycles. The molecule has 1 unspecified atom stereocenters. The van der Waals surface area contributed by atoms with Crippen LogP contribution in [-0.2, 0) is 18.4 Å². The Labute approximate surface area is 127 Å². The van der Waals surface area contributed by atoms with Crippen molar-refractivity contribution < 1.29 is 9.84 Å². The molecule has 0 spiro atoms. The first kappa shape index (κ1) is 15.6. The average molecular weight is 284 g/mol. The summed E-state index contributed by atoms with van der Waals surface area (Å²) in [5.74, 6) is 0.862. The maximum Gasteiger partial charge on any atom is 0.118 e. The predicted octanol–water partition coefficient (Wildman–Crippen LogP) is 4.10. The van der Waals surface area contributed by atoms with Crippen molar-refractivity contribution in [3.05, 3.63) is 65.2 Å². The van der Waals surface area contributed by atoms with Gasteiger partial charge in [-0.2, -0.15) is 0 Å². The molecule has 0 radical (unpaired) electrons. The normalized spacial score (nSPS) is 13.7. The quantitative estimate of drug-likeness (QED) is 0.865. The Kier molecular flexibility index (Phi) is 5.03. The van der Waals surface area contributed by atoms with Crippen molar-refractivity contribution in [2.75, 3.05) is 7.11 Å². The van der Waals surface area contributed by atoms with E-state index in [-0.39, 0.29) is 0 Å². The topological polar surface area (TPSA) is 29.5 Å². The summed E-state index contributed by atoms with van der Waals surface area (Å²) in [5, 5.41) is 10.7. The minimum atomic E-state index is -0.799. The van der Waals surface area contributed by atoms with E-state index in [4.69, 9.17) is 4.74 Å². The summed E-state index contributed by atoms with van der Waals surface area (Å²) in [7, 11) is 1.67. The summed E-state index contributed by atoms with van der Waals surface area (Å²) in [6.45, 7) is 4.02. The number of aryl methyl sites for hydroxylation is 2. The van der Waals surface area contributed by atoms with Gasteiger partial charge in [-0.05, 0) is 55.0 Å². The minimum absolute atomic E-state index is 0.699. The van der Waals surface area contributed by atoms with Gasteiger partial charge >= 0.3 is 0 Å². The fraction of sp³-hybridized carbons (Fsp3) is 0.368. The fourth-order valence-corrected chi connectivity index (χ4v) is 2.42. The number of methoxy groups -OCH3 is 1. The first-order valence-corrected chi connectivity index (χ1v) is 7.50. The van der Waals surface area contributed by atoms with Gasteiger partial charge in [0.05, 0.1) is 12.7 Å². The van der Waals surface area contributed by atoms with Crippen LogP contribution in [0.25, 0.3) is 0 Å². The molecule has 1 N–H and O–H groups in total. The smallest absolute Gasteiger partial charge is 0.118 e. The molecule has 0 aromatic heterocycles. The lowest BCUT2D eigenvalue weighted by molar-refractivity contribution is 0.0480. The lowest BCUT2D eigenvalue weighted by Gasteiger charge is -2.24. The Bertz CT molecular complexity index is 553. The molecular weight excluding hydrogens is 260 g/mol. The molecular formula is C19H24O2. The van der Waals surface area contributed by atoms with E-state index in [9.17, 15) is 5.11 Å². The monoisotopic (exact) mass is 284 g/mol. The highest BCUT2D eigenvalue weighted by Crippen LogP contribution is 2.27. The first-order chi connectivity index (χ1) is 10.0. The molecule has 0 heterocycles. The molecule has 0 aliphatic rings. The summed E-state index contributed by atoms with van der Waals surface area (Å²) in [6, 6.07) is 16.3. The highest BCUT2D eigenvalue weighted by Gasteiger charge is 2.22. The van der Waals surface area contributed by atoms with E-state index < -0.39 is 5.60 Å². The van der Waals surface area contributed by atoms with Crippen molar-refractivity contribution in [3.63, 3.8) is 0 Å². The van der Waals surface area contributed by atoms with Crippen LogP contribution in [0.4, 0.5) is 0 Å². The molecule has 0 aliphatic carbocycles. The van der Waals surface area contributed by atoms with Crippen LogP contribution in [-0.4, -0.2) is 12.2 Å². The molecule has 21 heavy (non-hydrogen) atoms. The highest BCUT2D eigenvalue weighted by molar-refractivity contribution is 5.29. The van der Waals surface area contributed by atoms with Crippen LogP contribution in [0.5, 0.6) is 5.75 Å². The maximum atomic E-state index is 10.7. The largest absolute Gasteiger partial charge is 0.497 e. The van der Waals surface area contributed by atoms with Crippen LogP contribution >= 0.6 is 0 Å². The zero-order valence-electron chi connectivity index (χ0n) is 13.1. The van der Waals surface area contributed by atoms with E-state index in [1.807, 2.05) is 31.2 Å². The summed E-state index contributed by atoms with van der Waals surface area (Å²) < 4.78 is 5.16. The number of rotatable bonds is 6. The van der Waals surface area contributed by atoms with E-state index in [0.29, 0.717) is 6.42 Å². The van der Waals surface area contributed by atoms with Crippen LogP contribution in [0, 0.1) is 0 Å². The molecule has 2 rings (SSSR count). The van der Waals surface area contributed by atoms with Crippen LogP contribution in [0.3, 0.4) is 0 Å². The van der Waals surface area contributed by atoms with Gasteiger partial charge in [-0.1, -0.05) is 43.3 Å². The van der Waals surface area contributed by atoms with Crippen LogP contribution in [0.2, 0.25) is 0 Å². The van der Waals surface area contributed by atoms with Crippen molar-refractivity contribution in [2.45, 2.75) is 38.7 Å². The van der Waals surface area contributed by atoms with Gasteiger partial charge in [-0.3, -0.25) is 0 Å². The molecule has 1 atom stereocenters. The molecule has 0 fully saturated rings. The third-order valence-electron chi connectivity index (χ3n) is 4.04. The number of aliphatic hydroxyl groups is 1. The van der Waals surface area contributed by atoms with E-state index in [2.05, 4.69) is 31.2 Å². The zero-order chi connectivity index (χ0) is 15.3. The van der Waals surface area contributed by atoms with Crippen LogP contribution in [0.15, 0.2) is 48.5 Å². The van der Waals surface area contributed by atoms with Crippen molar-refractivity contribution >= 4 is 0 Å². The summed E-state index contributed by atoms with van der Waals surface area (Å²) in [4.78, 5) is 0. The fourth-order valence-electron chi connectivity index (χ4n) is 2.42. The summed E-state index contributed by atoms with van der Waals surface area (Å²) >= 11 is 0. The second kappa shape index (κ2) is 6.77. The second-order valence-electron chi connectivity index (χ2n) is 5.67. The molecule has 112 valence electrons. The highest BCUT2D eigenvalue weighted by atomic mass is 16.5. The van der Waals surface area contributed by atoms with E-state index >= 15 is 0 Å². The van der Waals surface area contributed by atoms with Crippen molar-refractivity contribution in [2.24, 2.45) is 0 Å². The number of hydrogen-bond acceptors (Lipinski definition) is 2.